The van der Waals surface area contributed by atoms with Crippen LogP contribution in [-0.4, -0.2) is 18.1 Å². The highest BCUT2D eigenvalue weighted by Gasteiger charge is 2.14. The Bertz CT molecular complexity index is 232. The summed E-state index contributed by atoms with van der Waals surface area (Å²) >= 11 is 0. The van der Waals surface area contributed by atoms with Crippen LogP contribution in [0.5, 0.6) is 0 Å². The average Bonchev–Trinajstić information content (AvgIpc) is 2.21. The van der Waals surface area contributed by atoms with Gasteiger partial charge in [0, 0.05) is 12.7 Å². The molecule has 1 aliphatic heterocycles. The molecule has 0 radical (unpaired) electrons. The number of nitrogens with one attached hydrogen (secondary N) is 1. The lowest BCUT2D eigenvalue weighted by Crippen LogP contribution is -2.31. The Hall–Kier alpha value is -0.930. The van der Waals surface area contributed by atoms with Gasteiger partial charge in [-0.3, -0.25) is 10.3 Å². The zero-order chi connectivity index (χ0) is 8.23. The molecule has 1 N–H and O–H groups in total. The van der Waals surface area contributed by atoms with Crippen molar-refractivity contribution in [1.82, 2.24) is 10.3 Å². The summed E-state index contributed by atoms with van der Waals surface area (Å²) < 4.78 is 5.49. The average molecular weight is 164 g/mol. The van der Waals surface area contributed by atoms with Gasteiger partial charge in [0.05, 0.1) is 12.3 Å². The first-order valence-electron chi connectivity index (χ1n) is 4.23. The van der Waals surface area contributed by atoms with Crippen molar-refractivity contribution in [3.8, 4) is 0 Å². The summed E-state index contributed by atoms with van der Waals surface area (Å²) in [5.41, 5.74) is 0.970. The van der Waals surface area contributed by atoms with Gasteiger partial charge < -0.3 is 4.74 Å². The number of pyridine rings is 1. The van der Waals surface area contributed by atoms with Gasteiger partial charge in [-0.2, -0.15) is 0 Å². The Kier molecular flexibility index (Phi) is 2.34. The molecule has 0 aliphatic carbocycles. The van der Waals surface area contributed by atoms with Crippen LogP contribution in [0, 0.1) is 0 Å². The Morgan fingerprint density at radius 1 is 1.50 bits per heavy atom. The van der Waals surface area contributed by atoms with Crippen molar-refractivity contribution < 1.29 is 4.74 Å². The summed E-state index contributed by atoms with van der Waals surface area (Å²) in [6, 6.07) is 5.86. The standard InChI is InChI=1S/C9H12N2O/c1-2-5-10-8(4-1)9-11-6-3-7-12-9/h1-2,4-5,9,11H,3,6-7H2. The minimum atomic E-state index is -0.0000463. The molecule has 1 unspecified atom stereocenters. The third kappa shape index (κ3) is 1.62. The maximum absolute atomic E-state index is 5.49. The third-order valence-electron chi connectivity index (χ3n) is 1.89. The van der Waals surface area contributed by atoms with Gasteiger partial charge in [-0.25, -0.2) is 0 Å². The Morgan fingerprint density at radius 3 is 3.17 bits per heavy atom. The fraction of sp³-hybridized carbons (Fsp3) is 0.444. The molecule has 0 spiro atoms. The number of hydrogen-bond donors (Lipinski definition) is 1. The SMILES string of the molecule is c1ccc(C2NCCCO2)nc1. The van der Waals surface area contributed by atoms with E-state index in [4.69, 9.17) is 4.74 Å². The number of aromatic nitrogens is 1. The first-order chi connectivity index (χ1) is 5.97. The highest BCUT2D eigenvalue weighted by atomic mass is 16.5. The summed E-state index contributed by atoms with van der Waals surface area (Å²) in [6.07, 6.45) is 2.87. The predicted molar refractivity (Wildman–Crippen MR) is 45.5 cm³/mol. The highest BCUT2D eigenvalue weighted by molar-refractivity contribution is 5.06. The monoisotopic (exact) mass is 164 g/mol. The van der Waals surface area contributed by atoms with Crippen molar-refractivity contribution in [3.63, 3.8) is 0 Å². The van der Waals surface area contributed by atoms with E-state index in [0.29, 0.717) is 0 Å². The van der Waals surface area contributed by atoms with E-state index in [-0.39, 0.29) is 6.23 Å². The minimum absolute atomic E-state index is 0.0000463. The molecule has 64 valence electrons. The van der Waals surface area contributed by atoms with Crippen LogP contribution >= 0.6 is 0 Å². The molecule has 1 aromatic heterocycles. The van der Waals surface area contributed by atoms with Crippen molar-refractivity contribution in [2.24, 2.45) is 0 Å². The molecule has 1 saturated heterocycles. The Morgan fingerprint density at radius 2 is 2.50 bits per heavy atom. The third-order valence-corrected chi connectivity index (χ3v) is 1.89. The van der Waals surface area contributed by atoms with E-state index in [0.717, 1.165) is 25.3 Å². The summed E-state index contributed by atoms with van der Waals surface area (Å²) in [5.74, 6) is 0. The second-order valence-electron chi connectivity index (χ2n) is 2.81. The van der Waals surface area contributed by atoms with Crippen LogP contribution in [-0.2, 0) is 4.74 Å². The summed E-state index contributed by atoms with van der Waals surface area (Å²) in [5, 5.41) is 3.25. The molecule has 1 fully saturated rings. The van der Waals surface area contributed by atoms with Crippen molar-refractivity contribution in [2.75, 3.05) is 13.2 Å². The maximum Gasteiger partial charge on any atom is 0.151 e. The van der Waals surface area contributed by atoms with E-state index in [1.54, 1.807) is 6.20 Å². The van der Waals surface area contributed by atoms with Gasteiger partial charge in [0.25, 0.3) is 0 Å². The van der Waals surface area contributed by atoms with Crippen molar-refractivity contribution >= 4 is 0 Å². The molecular formula is C9H12N2O. The second kappa shape index (κ2) is 3.65. The molecular weight excluding hydrogens is 152 g/mol. The van der Waals surface area contributed by atoms with Gasteiger partial charge >= 0.3 is 0 Å². The van der Waals surface area contributed by atoms with E-state index in [2.05, 4.69) is 10.3 Å². The molecule has 1 aliphatic rings. The van der Waals surface area contributed by atoms with Gasteiger partial charge in [-0.1, -0.05) is 6.07 Å². The van der Waals surface area contributed by atoms with Gasteiger partial charge in [0.2, 0.25) is 0 Å². The van der Waals surface area contributed by atoms with Crippen LogP contribution in [0.25, 0.3) is 0 Å². The maximum atomic E-state index is 5.49. The van der Waals surface area contributed by atoms with E-state index in [1.807, 2.05) is 18.2 Å². The van der Waals surface area contributed by atoms with Gasteiger partial charge in [-0.15, -0.1) is 0 Å². The fourth-order valence-corrected chi connectivity index (χ4v) is 1.29. The van der Waals surface area contributed by atoms with Crippen molar-refractivity contribution in [1.29, 1.82) is 0 Å². The van der Waals surface area contributed by atoms with E-state index >= 15 is 0 Å². The first kappa shape index (κ1) is 7.71. The van der Waals surface area contributed by atoms with Gasteiger partial charge in [0.15, 0.2) is 6.23 Å². The van der Waals surface area contributed by atoms with Crippen molar-refractivity contribution in [3.05, 3.63) is 30.1 Å². The number of hydrogen-bond acceptors (Lipinski definition) is 3. The first-order valence-corrected chi connectivity index (χ1v) is 4.23. The van der Waals surface area contributed by atoms with E-state index < -0.39 is 0 Å². The molecule has 2 heterocycles. The smallest absolute Gasteiger partial charge is 0.151 e. The number of nitrogens with zero attached hydrogens (tertiary/aromatic N) is 1. The van der Waals surface area contributed by atoms with E-state index in [1.165, 1.54) is 0 Å². The lowest BCUT2D eigenvalue weighted by atomic mass is 10.3. The second-order valence-corrected chi connectivity index (χ2v) is 2.81. The molecule has 2 rings (SSSR count). The highest BCUT2D eigenvalue weighted by Crippen LogP contribution is 2.13. The zero-order valence-corrected chi connectivity index (χ0v) is 6.86. The molecule has 12 heavy (non-hydrogen) atoms. The van der Waals surface area contributed by atoms with Crippen LogP contribution in [0.4, 0.5) is 0 Å². The van der Waals surface area contributed by atoms with Crippen LogP contribution in [0.1, 0.15) is 18.3 Å². The predicted octanol–water partition coefficient (Wildman–Crippen LogP) is 1.09. The van der Waals surface area contributed by atoms with Gasteiger partial charge in [0.1, 0.15) is 0 Å². The lowest BCUT2D eigenvalue weighted by molar-refractivity contribution is -0.00297. The minimum Gasteiger partial charge on any atom is -0.357 e. The quantitative estimate of drug-likeness (QED) is 0.674. The molecule has 1 atom stereocenters. The van der Waals surface area contributed by atoms with Crippen LogP contribution in [0.2, 0.25) is 0 Å². The summed E-state index contributed by atoms with van der Waals surface area (Å²) in [6.45, 7) is 1.84. The molecule has 0 saturated carbocycles. The summed E-state index contributed by atoms with van der Waals surface area (Å²) in [7, 11) is 0. The molecule has 0 bridgehead atoms. The van der Waals surface area contributed by atoms with Crippen molar-refractivity contribution in [2.45, 2.75) is 12.6 Å². The largest absolute Gasteiger partial charge is 0.357 e. The summed E-state index contributed by atoms with van der Waals surface area (Å²) in [4.78, 5) is 4.21. The van der Waals surface area contributed by atoms with Gasteiger partial charge in [-0.05, 0) is 18.6 Å². The number of rotatable bonds is 1. The molecule has 0 amide bonds. The topological polar surface area (TPSA) is 34.1 Å². The fourth-order valence-electron chi connectivity index (χ4n) is 1.29. The zero-order valence-electron chi connectivity index (χ0n) is 6.86. The molecule has 1 aromatic rings. The normalized spacial score (nSPS) is 23.8. The van der Waals surface area contributed by atoms with Crippen LogP contribution < -0.4 is 5.32 Å². The Balaban J connectivity index is 2.08. The van der Waals surface area contributed by atoms with Crippen LogP contribution in [0.15, 0.2) is 24.4 Å². The van der Waals surface area contributed by atoms with Crippen LogP contribution in [0.3, 0.4) is 0 Å². The molecule has 3 heteroatoms. The molecule has 3 nitrogen and oxygen atoms in total. The lowest BCUT2D eigenvalue weighted by Gasteiger charge is -2.23. The number of ether oxygens (including phenoxy) is 1. The Labute approximate surface area is 71.8 Å². The van der Waals surface area contributed by atoms with E-state index in [9.17, 15) is 0 Å². The molecule has 0 aromatic carbocycles.